The molecule has 0 atom stereocenters. The third-order valence-corrected chi connectivity index (χ3v) is 2.43. The predicted molar refractivity (Wildman–Crippen MR) is 67.7 cm³/mol. The van der Waals surface area contributed by atoms with E-state index in [0.717, 1.165) is 0 Å². The van der Waals surface area contributed by atoms with Crippen molar-refractivity contribution >= 4 is 17.3 Å². The molecule has 4 nitrogen and oxygen atoms in total. The van der Waals surface area contributed by atoms with Gasteiger partial charge in [0, 0.05) is 17.6 Å². The third-order valence-electron chi connectivity index (χ3n) is 2.43. The Balaban J connectivity index is 2.18. The Morgan fingerprint density at radius 2 is 2.11 bits per heavy atom. The van der Waals surface area contributed by atoms with Crippen molar-refractivity contribution < 1.29 is 9.18 Å². The van der Waals surface area contributed by atoms with Gasteiger partial charge in [0.2, 0.25) is 0 Å². The fourth-order valence-corrected chi connectivity index (χ4v) is 1.49. The fourth-order valence-electron chi connectivity index (χ4n) is 1.49. The summed E-state index contributed by atoms with van der Waals surface area (Å²) in [6.07, 6.45) is 1.46. The highest BCUT2D eigenvalue weighted by atomic mass is 19.1. The van der Waals surface area contributed by atoms with Crippen molar-refractivity contribution in [3.63, 3.8) is 0 Å². The quantitative estimate of drug-likeness (QED) is 0.853. The van der Waals surface area contributed by atoms with E-state index in [0.29, 0.717) is 16.9 Å². The van der Waals surface area contributed by atoms with Gasteiger partial charge in [-0.2, -0.15) is 0 Å². The van der Waals surface area contributed by atoms with Gasteiger partial charge in [0.25, 0.3) is 5.91 Å². The number of nitrogens with zero attached hydrogens (tertiary/aromatic N) is 1. The van der Waals surface area contributed by atoms with E-state index in [9.17, 15) is 9.18 Å². The van der Waals surface area contributed by atoms with Crippen molar-refractivity contribution in [1.82, 2.24) is 4.98 Å². The number of carbonyl (C=O) groups excluding carboxylic acids is 1. The third kappa shape index (κ3) is 2.63. The average Bonchev–Trinajstić information content (AvgIpc) is 2.34. The van der Waals surface area contributed by atoms with Gasteiger partial charge in [0.15, 0.2) is 0 Å². The molecule has 5 heteroatoms. The molecule has 0 unspecified atom stereocenters. The number of nitrogens with two attached hydrogens (primary N) is 1. The van der Waals surface area contributed by atoms with Gasteiger partial charge in [0.05, 0.1) is 0 Å². The number of hydrogen-bond acceptors (Lipinski definition) is 3. The SMILES string of the molecule is Cc1cc(NC(=O)c2cc(N)ccn2)ccc1F. The van der Waals surface area contributed by atoms with Crippen LogP contribution in [0.1, 0.15) is 16.1 Å². The monoisotopic (exact) mass is 245 g/mol. The van der Waals surface area contributed by atoms with Crippen molar-refractivity contribution in [2.75, 3.05) is 11.1 Å². The van der Waals surface area contributed by atoms with Crippen molar-refractivity contribution in [3.8, 4) is 0 Å². The zero-order valence-corrected chi connectivity index (χ0v) is 9.77. The number of nitrogen functional groups attached to an aromatic ring is 1. The summed E-state index contributed by atoms with van der Waals surface area (Å²) in [5.74, 6) is -0.691. The maximum absolute atomic E-state index is 13.1. The van der Waals surface area contributed by atoms with Crippen LogP contribution in [0.4, 0.5) is 15.8 Å². The fraction of sp³-hybridized carbons (Fsp3) is 0.0769. The minimum atomic E-state index is -0.381. The number of aromatic nitrogens is 1. The van der Waals surface area contributed by atoms with Crippen molar-refractivity contribution in [3.05, 3.63) is 53.6 Å². The molecule has 18 heavy (non-hydrogen) atoms. The van der Waals surface area contributed by atoms with Crippen molar-refractivity contribution in [2.45, 2.75) is 6.92 Å². The summed E-state index contributed by atoms with van der Waals surface area (Å²) in [5.41, 5.74) is 7.23. The molecule has 0 fully saturated rings. The lowest BCUT2D eigenvalue weighted by atomic mass is 10.2. The van der Waals surface area contributed by atoms with Crippen LogP contribution in [0.15, 0.2) is 36.5 Å². The van der Waals surface area contributed by atoms with Gasteiger partial charge < -0.3 is 11.1 Å². The molecule has 0 spiro atoms. The summed E-state index contributed by atoms with van der Waals surface area (Å²) < 4.78 is 13.1. The van der Waals surface area contributed by atoms with E-state index in [2.05, 4.69) is 10.3 Å². The second kappa shape index (κ2) is 4.83. The van der Waals surface area contributed by atoms with Crippen molar-refractivity contribution in [1.29, 1.82) is 0 Å². The van der Waals surface area contributed by atoms with E-state index < -0.39 is 0 Å². The molecule has 92 valence electrons. The first-order chi connectivity index (χ1) is 8.56. The highest BCUT2D eigenvalue weighted by molar-refractivity contribution is 6.03. The first-order valence-electron chi connectivity index (χ1n) is 5.35. The number of rotatable bonds is 2. The standard InChI is InChI=1S/C13H12FN3O/c1-8-6-10(2-3-11(8)14)17-13(18)12-7-9(15)4-5-16-12/h2-7H,1H3,(H2,15,16)(H,17,18). The van der Waals surface area contributed by atoms with Gasteiger partial charge in [-0.25, -0.2) is 4.39 Å². The van der Waals surface area contributed by atoms with Crippen LogP contribution < -0.4 is 11.1 Å². The Morgan fingerprint density at radius 3 is 2.78 bits per heavy atom. The Bertz CT molecular complexity index is 599. The summed E-state index contributed by atoms with van der Waals surface area (Å²) in [6, 6.07) is 7.42. The molecule has 0 radical (unpaired) electrons. The van der Waals surface area contributed by atoms with Gasteiger partial charge in [-0.3, -0.25) is 9.78 Å². The highest BCUT2D eigenvalue weighted by Crippen LogP contribution is 2.14. The maximum Gasteiger partial charge on any atom is 0.274 e. The number of hydrogen-bond donors (Lipinski definition) is 2. The molecule has 1 aromatic heterocycles. The van der Waals surface area contributed by atoms with Crippen molar-refractivity contribution in [2.24, 2.45) is 0 Å². The molecular formula is C13H12FN3O. The molecule has 1 aromatic carbocycles. The number of pyridine rings is 1. The minimum Gasteiger partial charge on any atom is -0.399 e. The molecule has 2 rings (SSSR count). The number of carbonyl (C=O) groups is 1. The van der Waals surface area contributed by atoms with Gasteiger partial charge in [-0.1, -0.05) is 0 Å². The Labute approximate surface area is 104 Å². The highest BCUT2D eigenvalue weighted by Gasteiger charge is 2.08. The summed E-state index contributed by atoms with van der Waals surface area (Å²) in [6.45, 7) is 1.63. The van der Waals surface area contributed by atoms with Crippen LogP contribution in [0.25, 0.3) is 0 Å². The Kier molecular flexibility index (Phi) is 3.23. The first kappa shape index (κ1) is 12.0. The molecule has 0 bridgehead atoms. The zero-order valence-electron chi connectivity index (χ0n) is 9.77. The summed E-state index contributed by atoms with van der Waals surface area (Å²) in [7, 11) is 0. The van der Waals surface area contributed by atoms with Crippen LogP contribution in [-0.4, -0.2) is 10.9 Å². The summed E-state index contributed by atoms with van der Waals surface area (Å²) in [4.78, 5) is 15.7. The second-order valence-corrected chi connectivity index (χ2v) is 3.89. The van der Waals surface area contributed by atoms with E-state index in [1.807, 2.05) is 0 Å². The Hall–Kier alpha value is -2.43. The second-order valence-electron chi connectivity index (χ2n) is 3.89. The molecule has 1 heterocycles. The number of aryl methyl sites for hydroxylation is 1. The van der Waals surface area contributed by atoms with E-state index in [-0.39, 0.29) is 17.4 Å². The molecule has 1 amide bonds. The number of anilines is 2. The average molecular weight is 245 g/mol. The van der Waals surface area contributed by atoms with E-state index in [1.54, 1.807) is 19.1 Å². The van der Waals surface area contributed by atoms with Crippen LogP contribution in [0, 0.1) is 12.7 Å². The molecule has 0 aliphatic carbocycles. The van der Waals surface area contributed by atoms with Gasteiger partial charge >= 0.3 is 0 Å². The van der Waals surface area contributed by atoms with Gasteiger partial charge in [-0.15, -0.1) is 0 Å². The number of amides is 1. The normalized spacial score (nSPS) is 10.1. The molecule has 0 aliphatic rings. The van der Waals surface area contributed by atoms with E-state index in [1.165, 1.54) is 24.4 Å². The lowest BCUT2D eigenvalue weighted by Gasteiger charge is -2.06. The predicted octanol–water partition coefficient (Wildman–Crippen LogP) is 2.36. The lowest BCUT2D eigenvalue weighted by Crippen LogP contribution is -2.14. The molecule has 0 saturated heterocycles. The number of benzene rings is 1. The molecular weight excluding hydrogens is 233 g/mol. The van der Waals surface area contributed by atoms with Crippen LogP contribution in [0.3, 0.4) is 0 Å². The summed E-state index contributed by atoms with van der Waals surface area (Å²) >= 11 is 0. The number of halogens is 1. The van der Waals surface area contributed by atoms with E-state index in [4.69, 9.17) is 5.73 Å². The zero-order chi connectivity index (χ0) is 13.1. The molecule has 2 aromatic rings. The van der Waals surface area contributed by atoms with Crippen LogP contribution in [0.2, 0.25) is 0 Å². The van der Waals surface area contributed by atoms with E-state index >= 15 is 0 Å². The van der Waals surface area contributed by atoms with Gasteiger partial charge in [-0.05, 0) is 42.8 Å². The first-order valence-corrected chi connectivity index (χ1v) is 5.35. The topological polar surface area (TPSA) is 68.0 Å². The minimum absolute atomic E-state index is 0.219. The van der Waals surface area contributed by atoms with Crippen LogP contribution >= 0.6 is 0 Å². The molecule has 3 N–H and O–H groups in total. The number of nitrogens with one attached hydrogen (secondary N) is 1. The smallest absolute Gasteiger partial charge is 0.274 e. The maximum atomic E-state index is 13.1. The molecule has 0 saturated carbocycles. The van der Waals surface area contributed by atoms with Gasteiger partial charge in [0.1, 0.15) is 11.5 Å². The largest absolute Gasteiger partial charge is 0.399 e. The summed E-state index contributed by atoms with van der Waals surface area (Å²) in [5, 5.41) is 2.63. The lowest BCUT2D eigenvalue weighted by molar-refractivity contribution is 0.102. The Morgan fingerprint density at radius 1 is 1.33 bits per heavy atom. The van der Waals surface area contributed by atoms with Crippen LogP contribution in [-0.2, 0) is 0 Å². The van der Waals surface area contributed by atoms with Crippen LogP contribution in [0.5, 0.6) is 0 Å². The molecule has 0 aliphatic heterocycles.